The molecule has 3 rings (SSSR count). The van der Waals surface area contributed by atoms with Crippen molar-refractivity contribution in [2.75, 3.05) is 6.61 Å². The van der Waals surface area contributed by atoms with E-state index in [2.05, 4.69) is 11.9 Å². The van der Waals surface area contributed by atoms with Crippen molar-refractivity contribution in [2.45, 2.75) is 26.2 Å². The fourth-order valence-electron chi connectivity index (χ4n) is 2.68. The molecule has 0 spiro atoms. The Hall–Kier alpha value is -3.41. The third kappa shape index (κ3) is 4.46. The molecule has 0 saturated carbocycles. The number of esters is 1. The summed E-state index contributed by atoms with van der Waals surface area (Å²) in [5.74, 6) is -0.553. The van der Waals surface area contributed by atoms with Crippen LogP contribution in [0.15, 0.2) is 62.7 Å². The molecule has 0 aliphatic rings. The number of aliphatic imine (C=N–C) groups is 1. The molecule has 1 aromatic heterocycles. The van der Waals surface area contributed by atoms with Crippen LogP contribution in [0.5, 0.6) is 5.75 Å². The zero-order valence-corrected chi connectivity index (χ0v) is 15.6. The molecular weight excluding hydrogens is 358 g/mol. The van der Waals surface area contributed by atoms with E-state index >= 15 is 0 Å². The summed E-state index contributed by atoms with van der Waals surface area (Å²) in [4.78, 5) is 28.2. The number of hydrogen-bond donors (Lipinski definition) is 1. The van der Waals surface area contributed by atoms with Crippen LogP contribution in [-0.2, 0) is 4.74 Å². The Bertz CT molecular complexity index is 1050. The van der Waals surface area contributed by atoms with Crippen molar-refractivity contribution >= 4 is 28.8 Å². The van der Waals surface area contributed by atoms with Gasteiger partial charge < -0.3 is 14.3 Å². The molecule has 0 saturated heterocycles. The molecule has 0 aliphatic heterocycles. The Kier molecular flexibility index (Phi) is 6.22. The normalized spacial score (nSPS) is 11.2. The van der Waals surface area contributed by atoms with Gasteiger partial charge in [0.1, 0.15) is 16.9 Å². The number of rotatable bonds is 7. The molecule has 2 aromatic carbocycles. The van der Waals surface area contributed by atoms with E-state index in [-0.39, 0.29) is 17.3 Å². The Morgan fingerprint density at radius 3 is 2.64 bits per heavy atom. The van der Waals surface area contributed by atoms with E-state index in [9.17, 15) is 14.7 Å². The van der Waals surface area contributed by atoms with Gasteiger partial charge in [-0.15, -0.1) is 0 Å². The number of fused-ring (bicyclic) bond motifs is 1. The van der Waals surface area contributed by atoms with Crippen molar-refractivity contribution in [1.82, 2.24) is 0 Å². The molecule has 0 unspecified atom stereocenters. The molecule has 1 heterocycles. The lowest BCUT2D eigenvalue weighted by atomic mass is 10.1. The summed E-state index contributed by atoms with van der Waals surface area (Å²) in [6.45, 7) is 2.49. The molecule has 1 N–H and O–H groups in total. The maximum Gasteiger partial charge on any atom is 0.348 e. The van der Waals surface area contributed by atoms with Crippen LogP contribution in [0, 0.1) is 0 Å². The fourth-order valence-corrected chi connectivity index (χ4v) is 2.68. The highest BCUT2D eigenvalue weighted by molar-refractivity contribution is 5.94. The number of benzene rings is 2. The van der Waals surface area contributed by atoms with Crippen LogP contribution in [0.1, 0.15) is 42.1 Å². The lowest BCUT2D eigenvalue weighted by Crippen LogP contribution is -2.07. The molecule has 0 amide bonds. The van der Waals surface area contributed by atoms with Crippen molar-refractivity contribution in [3.8, 4) is 5.75 Å². The number of ether oxygens (including phenoxy) is 1. The zero-order valence-electron chi connectivity index (χ0n) is 15.6. The molecule has 144 valence electrons. The van der Waals surface area contributed by atoms with Gasteiger partial charge in [-0.05, 0) is 42.8 Å². The van der Waals surface area contributed by atoms with Crippen LogP contribution in [0.3, 0.4) is 0 Å². The van der Waals surface area contributed by atoms with E-state index in [4.69, 9.17) is 9.15 Å². The van der Waals surface area contributed by atoms with Crippen LogP contribution in [0.4, 0.5) is 5.69 Å². The quantitative estimate of drug-likeness (QED) is 0.281. The van der Waals surface area contributed by atoms with Gasteiger partial charge in [-0.2, -0.15) is 0 Å². The second-order valence-electron chi connectivity index (χ2n) is 6.30. The van der Waals surface area contributed by atoms with Gasteiger partial charge in [0.05, 0.1) is 23.2 Å². The highest BCUT2D eigenvalue weighted by atomic mass is 16.5. The number of carbonyl (C=O) groups excluding carboxylic acids is 1. The van der Waals surface area contributed by atoms with Crippen LogP contribution in [0.2, 0.25) is 0 Å². The number of nitrogens with zero attached hydrogens (tertiary/aromatic N) is 1. The van der Waals surface area contributed by atoms with E-state index in [0.717, 1.165) is 19.3 Å². The van der Waals surface area contributed by atoms with Crippen molar-refractivity contribution in [3.05, 3.63) is 70.1 Å². The van der Waals surface area contributed by atoms with Gasteiger partial charge in [0.2, 0.25) is 0 Å². The molecule has 0 bridgehead atoms. The van der Waals surface area contributed by atoms with Gasteiger partial charge in [0.25, 0.3) is 0 Å². The average molecular weight is 379 g/mol. The minimum Gasteiger partial charge on any atom is -0.506 e. The minimum atomic E-state index is -0.674. The monoisotopic (exact) mass is 379 g/mol. The second-order valence-corrected chi connectivity index (χ2v) is 6.30. The standard InChI is InChI=1S/C22H21NO5/c1-2-3-6-13-27-21(25)15-9-11-16(12-10-15)23-14-18-20(24)17-7-4-5-8-19(17)28-22(18)26/h4-5,7-12,14,24H,2-3,6,13H2,1H3. The van der Waals surface area contributed by atoms with Gasteiger partial charge in [-0.3, -0.25) is 4.99 Å². The molecule has 28 heavy (non-hydrogen) atoms. The van der Waals surface area contributed by atoms with Gasteiger partial charge in [0.15, 0.2) is 0 Å². The average Bonchev–Trinajstić information content (AvgIpc) is 2.71. The molecule has 6 heteroatoms. The predicted octanol–water partition coefficient (Wildman–Crippen LogP) is 4.60. The second kappa shape index (κ2) is 8.99. The summed E-state index contributed by atoms with van der Waals surface area (Å²) in [5, 5.41) is 10.8. The van der Waals surface area contributed by atoms with Crippen LogP contribution < -0.4 is 5.63 Å². The van der Waals surface area contributed by atoms with E-state index in [1.807, 2.05) is 0 Å². The lowest BCUT2D eigenvalue weighted by Gasteiger charge is -2.04. The summed E-state index contributed by atoms with van der Waals surface area (Å²) in [7, 11) is 0. The van der Waals surface area contributed by atoms with Gasteiger partial charge in [-0.25, -0.2) is 9.59 Å². The van der Waals surface area contributed by atoms with Crippen molar-refractivity contribution in [1.29, 1.82) is 0 Å². The number of hydrogen-bond acceptors (Lipinski definition) is 6. The first kappa shape index (κ1) is 19.4. The third-order valence-electron chi connectivity index (χ3n) is 4.25. The highest BCUT2D eigenvalue weighted by Gasteiger charge is 2.12. The number of unbranched alkanes of at least 4 members (excludes halogenated alkanes) is 2. The molecule has 6 nitrogen and oxygen atoms in total. The molecule has 0 aliphatic carbocycles. The van der Waals surface area contributed by atoms with Crippen molar-refractivity contribution in [3.63, 3.8) is 0 Å². The first-order valence-corrected chi connectivity index (χ1v) is 9.16. The van der Waals surface area contributed by atoms with Crippen LogP contribution >= 0.6 is 0 Å². The minimum absolute atomic E-state index is 0.0295. The molecule has 0 fully saturated rings. The number of carbonyl (C=O) groups is 1. The van der Waals surface area contributed by atoms with E-state index in [1.165, 1.54) is 6.21 Å². The summed E-state index contributed by atoms with van der Waals surface area (Å²) in [5.41, 5.74) is 0.562. The SMILES string of the molecule is CCCCCOC(=O)c1ccc(N=Cc2c(O)c3ccccc3oc2=O)cc1. The highest BCUT2D eigenvalue weighted by Crippen LogP contribution is 2.25. The Morgan fingerprint density at radius 1 is 1.14 bits per heavy atom. The van der Waals surface area contributed by atoms with Gasteiger partial charge in [0, 0.05) is 6.21 Å². The van der Waals surface area contributed by atoms with Crippen LogP contribution in [-0.4, -0.2) is 23.9 Å². The smallest absolute Gasteiger partial charge is 0.348 e. The molecule has 3 aromatic rings. The Labute approximate surface area is 162 Å². The summed E-state index contributed by atoms with van der Waals surface area (Å²) < 4.78 is 10.4. The van der Waals surface area contributed by atoms with Crippen LogP contribution in [0.25, 0.3) is 11.0 Å². The maximum absolute atomic E-state index is 12.1. The van der Waals surface area contributed by atoms with Gasteiger partial charge >= 0.3 is 11.6 Å². The topological polar surface area (TPSA) is 89.1 Å². The number of para-hydroxylation sites is 1. The lowest BCUT2D eigenvalue weighted by molar-refractivity contribution is 0.0498. The molecule has 0 atom stereocenters. The van der Waals surface area contributed by atoms with E-state index in [1.54, 1.807) is 48.5 Å². The van der Waals surface area contributed by atoms with E-state index in [0.29, 0.717) is 28.8 Å². The Morgan fingerprint density at radius 2 is 1.89 bits per heavy atom. The fraction of sp³-hybridized carbons (Fsp3) is 0.227. The van der Waals surface area contributed by atoms with Crippen molar-refractivity contribution < 1.29 is 19.1 Å². The summed E-state index contributed by atoms with van der Waals surface area (Å²) in [6, 6.07) is 13.2. The summed E-state index contributed by atoms with van der Waals surface area (Å²) in [6.07, 6.45) is 4.19. The summed E-state index contributed by atoms with van der Waals surface area (Å²) >= 11 is 0. The van der Waals surface area contributed by atoms with E-state index < -0.39 is 5.63 Å². The Balaban J connectivity index is 1.74. The first-order valence-electron chi connectivity index (χ1n) is 9.16. The predicted molar refractivity (Wildman–Crippen MR) is 108 cm³/mol. The zero-order chi connectivity index (χ0) is 19.9. The van der Waals surface area contributed by atoms with Gasteiger partial charge in [-0.1, -0.05) is 31.9 Å². The largest absolute Gasteiger partial charge is 0.506 e. The third-order valence-corrected chi connectivity index (χ3v) is 4.25. The molecular formula is C22H21NO5. The number of aromatic hydroxyl groups is 1. The first-order chi connectivity index (χ1) is 13.6. The molecule has 0 radical (unpaired) electrons. The maximum atomic E-state index is 12.1. The van der Waals surface area contributed by atoms with Crippen molar-refractivity contribution in [2.24, 2.45) is 4.99 Å².